The van der Waals surface area contributed by atoms with Crippen LogP contribution in [0.2, 0.25) is 0 Å². The highest BCUT2D eigenvalue weighted by Gasteiger charge is 2.34. The van der Waals surface area contributed by atoms with Crippen molar-refractivity contribution in [2.45, 2.75) is 85.7 Å². The molecule has 1 unspecified atom stereocenters. The second kappa shape index (κ2) is 6.35. The van der Waals surface area contributed by atoms with Crippen LogP contribution in [0.4, 0.5) is 0 Å². The average molecular weight is 302 g/mol. The molecule has 0 N–H and O–H groups in total. The van der Waals surface area contributed by atoms with Gasteiger partial charge in [-0.1, -0.05) is 33.8 Å². The minimum Gasteiger partial charge on any atom is -0.297 e. The molecular formula is C21H35N. The van der Waals surface area contributed by atoms with E-state index in [1.165, 1.54) is 17.5 Å². The van der Waals surface area contributed by atoms with Gasteiger partial charge in [-0.25, -0.2) is 0 Å². The Balaban J connectivity index is 2.81. The first kappa shape index (κ1) is 17.5. The van der Waals surface area contributed by atoms with Gasteiger partial charge >= 0.3 is 0 Å². The molecule has 1 heterocycles. The standard InChI is InChI=1S/C21H35N/c1-12(2)18-10-14(5)16(7)20-17(8)22(9)15(6)11-19(13(3)4)21(18)20/h10,12-13,15,17,19H,11H2,1-9H3/t15-,17+,19?/m0/s1. The van der Waals surface area contributed by atoms with Crippen molar-refractivity contribution in [1.82, 2.24) is 4.90 Å². The highest BCUT2D eigenvalue weighted by Crippen LogP contribution is 2.45. The molecule has 1 aliphatic heterocycles. The molecule has 0 aromatic heterocycles. The summed E-state index contributed by atoms with van der Waals surface area (Å²) in [5, 5.41) is 0. The van der Waals surface area contributed by atoms with Gasteiger partial charge in [0.2, 0.25) is 0 Å². The van der Waals surface area contributed by atoms with Gasteiger partial charge in [0.05, 0.1) is 0 Å². The lowest BCUT2D eigenvalue weighted by molar-refractivity contribution is 0.186. The lowest BCUT2D eigenvalue weighted by Gasteiger charge is -2.31. The summed E-state index contributed by atoms with van der Waals surface area (Å²) in [4.78, 5) is 2.58. The van der Waals surface area contributed by atoms with Gasteiger partial charge in [0.15, 0.2) is 0 Å². The fourth-order valence-corrected chi connectivity index (χ4v) is 4.26. The molecule has 0 amide bonds. The Labute approximate surface area is 138 Å². The van der Waals surface area contributed by atoms with Gasteiger partial charge in [0.1, 0.15) is 0 Å². The highest BCUT2D eigenvalue weighted by molar-refractivity contribution is 5.50. The zero-order chi connectivity index (χ0) is 16.8. The number of aryl methyl sites for hydroxylation is 1. The quantitative estimate of drug-likeness (QED) is 0.652. The maximum atomic E-state index is 2.58. The second-order valence-corrected chi connectivity index (χ2v) is 8.17. The molecule has 0 saturated heterocycles. The first-order valence-electron chi connectivity index (χ1n) is 9.02. The zero-order valence-corrected chi connectivity index (χ0v) is 16.1. The van der Waals surface area contributed by atoms with Crippen LogP contribution in [0, 0.1) is 19.8 Å². The summed E-state index contributed by atoms with van der Waals surface area (Å²) < 4.78 is 0. The van der Waals surface area contributed by atoms with Crippen molar-refractivity contribution < 1.29 is 0 Å². The Morgan fingerprint density at radius 1 is 1.05 bits per heavy atom. The van der Waals surface area contributed by atoms with Crippen LogP contribution in [0.25, 0.3) is 0 Å². The molecule has 124 valence electrons. The normalized spacial score (nSPS) is 26.4. The monoisotopic (exact) mass is 301 g/mol. The Bertz CT molecular complexity index is 541. The minimum absolute atomic E-state index is 0.506. The third kappa shape index (κ3) is 2.85. The maximum Gasteiger partial charge on any atom is 0.0325 e. The van der Waals surface area contributed by atoms with E-state index in [1.54, 1.807) is 16.7 Å². The summed E-state index contributed by atoms with van der Waals surface area (Å²) in [6.07, 6.45) is 1.27. The molecule has 3 atom stereocenters. The summed E-state index contributed by atoms with van der Waals surface area (Å²) in [5.41, 5.74) is 7.86. The summed E-state index contributed by atoms with van der Waals surface area (Å²) in [7, 11) is 2.30. The van der Waals surface area contributed by atoms with E-state index in [0.717, 1.165) is 0 Å². The van der Waals surface area contributed by atoms with Gasteiger partial charge in [-0.3, -0.25) is 4.90 Å². The van der Waals surface area contributed by atoms with E-state index in [0.29, 0.717) is 29.8 Å². The van der Waals surface area contributed by atoms with Crippen LogP contribution in [0.1, 0.15) is 93.7 Å². The predicted molar refractivity (Wildman–Crippen MR) is 97.8 cm³/mol. The van der Waals surface area contributed by atoms with Crippen LogP contribution in [0.3, 0.4) is 0 Å². The Morgan fingerprint density at radius 3 is 2.14 bits per heavy atom. The number of hydrogen-bond donors (Lipinski definition) is 0. The van der Waals surface area contributed by atoms with Crippen molar-refractivity contribution in [3.05, 3.63) is 33.9 Å². The van der Waals surface area contributed by atoms with E-state index in [-0.39, 0.29) is 0 Å². The molecule has 0 saturated carbocycles. The molecular weight excluding hydrogens is 266 g/mol. The van der Waals surface area contributed by atoms with Gasteiger partial charge in [0.25, 0.3) is 0 Å². The molecule has 1 aromatic rings. The van der Waals surface area contributed by atoms with E-state index < -0.39 is 0 Å². The highest BCUT2D eigenvalue weighted by atomic mass is 15.2. The first-order chi connectivity index (χ1) is 10.2. The lowest BCUT2D eigenvalue weighted by Crippen LogP contribution is -2.31. The fraction of sp³-hybridized carbons (Fsp3) is 0.714. The van der Waals surface area contributed by atoms with Crippen LogP contribution >= 0.6 is 0 Å². The van der Waals surface area contributed by atoms with Gasteiger partial charge in [-0.05, 0) is 86.7 Å². The molecule has 1 heteroatoms. The minimum atomic E-state index is 0.506. The van der Waals surface area contributed by atoms with Gasteiger partial charge in [-0.2, -0.15) is 0 Å². The smallest absolute Gasteiger partial charge is 0.0325 e. The largest absolute Gasteiger partial charge is 0.297 e. The van der Waals surface area contributed by atoms with Crippen LogP contribution < -0.4 is 0 Å². The van der Waals surface area contributed by atoms with Gasteiger partial charge in [-0.15, -0.1) is 0 Å². The van der Waals surface area contributed by atoms with Crippen molar-refractivity contribution in [1.29, 1.82) is 0 Å². The summed E-state index contributed by atoms with van der Waals surface area (Å²) in [5.74, 6) is 1.97. The van der Waals surface area contributed by atoms with E-state index in [2.05, 4.69) is 73.4 Å². The van der Waals surface area contributed by atoms with Crippen LogP contribution in [0.5, 0.6) is 0 Å². The number of rotatable bonds is 2. The molecule has 2 rings (SSSR count). The fourth-order valence-electron chi connectivity index (χ4n) is 4.26. The van der Waals surface area contributed by atoms with Crippen LogP contribution in [-0.2, 0) is 0 Å². The third-order valence-corrected chi connectivity index (χ3v) is 6.09. The van der Waals surface area contributed by atoms with Crippen molar-refractivity contribution in [2.24, 2.45) is 5.92 Å². The summed E-state index contributed by atoms with van der Waals surface area (Å²) in [6, 6.07) is 3.61. The molecule has 0 aliphatic carbocycles. The summed E-state index contributed by atoms with van der Waals surface area (Å²) in [6.45, 7) is 18.9. The molecule has 0 fully saturated rings. The number of benzene rings is 1. The van der Waals surface area contributed by atoms with Gasteiger partial charge in [0, 0.05) is 12.1 Å². The van der Waals surface area contributed by atoms with Gasteiger partial charge < -0.3 is 0 Å². The second-order valence-electron chi connectivity index (χ2n) is 8.17. The molecule has 1 nitrogen and oxygen atoms in total. The zero-order valence-electron chi connectivity index (χ0n) is 16.1. The topological polar surface area (TPSA) is 3.24 Å². The molecule has 22 heavy (non-hydrogen) atoms. The number of fused-ring (bicyclic) bond motifs is 1. The van der Waals surface area contributed by atoms with Crippen molar-refractivity contribution in [2.75, 3.05) is 7.05 Å². The lowest BCUT2D eigenvalue weighted by atomic mass is 9.75. The van der Waals surface area contributed by atoms with Crippen molar-refractivity contribution in [3.8, 4) is 0 Å². The van der Waals surface area contributed by atoms with E-state index in [9.17, 15) is 0 Å². The molecule has 1 aromatic carbocycles. The average Bonchev–Trinajstić information content (AvgIpc) is 2.53. The van der Waals surface area contributed by atoms with Crippen LogP contribution in [0.15, 0.2) is 6.07 Å². The first-order valence-corrected chi connectivity index (χ1v) is 9.02. The molecule has 0 spiro atoms. The Kier molecular flexibility index (Phi) is 5.06. The van der Waals surface area contributed by atoms with Crippen molar-refractivity contribution >= 4 is 0 Å². The number of hydrogen-bond acceptors (Lipinski definition) is 1. The van der Waals surface area contributed by atoms with E-state index in [4.69, 9.17) is 0 Å². The predicted octanol–water partition coefficient (Wildman–Crippen LogP) is 5.95. The maximum absolute atomic E-state index is 2.58. The van der Waals surface area contributed by atoms with E-state index >= 15 is 0 Å². The van der Waals surface area contributed by atoms with Crippen molar-refractivity contribution in [3.63, 3.8) is 0 Å². The summed E-state index contributed by atoms with van der Waals surface area (Å²) >= 11 is 0. The Hall–Kier alpha value is -0.820. The molecule has 0 radical (unpaired) electrons. The Morgan fingerprint density at radius 2 is 1.64 bits per heavy atom. The SMILES string of the molecule is Cc1cc(C(C)C)c2c(c1C)[C@@H](C)N(C)[C@@H](C)CC2C(C)C. The van der Waals surface area contributed by atoms with Crippen LogP contribution in [-0.4, -0.2) is 18.0 Å². The molecule has 0 bridgehead atoms. The molecule has 1 aliphatic rings. The third-order valence-electron chi connectivity index (χ3n) is 6.09. The number of nitrogens with zero attached hydrogens (tertiary/aromatic N) is 1. The van der Waals surface area contributed by atoms with E-state index in [1.807, 2.05) is 0 Å².